The zero-order chi connectivity index (χ0) is 18.9. The summed E-state index contributed by atoms with van der Waals surface area (Å²) in [6.45, 7) is 7.63. The van der Waals surface area contributed by atoms with Crippen LogP contribution < -0.4 is 4.74 Å². The van der Waals surface area contributed by atoms with Crippen LogP contribution in [-0.4, -0.2) is 24.3 Å². The van der Waals surface area contributed by atoms with Crippen molar-refractivity contribution in [3.05, 3.63) is 65.7 Å². The largest absolute Gasteiger partial charge is 0.489 e. The third-order valence-electron chi connectivity index (χ3n) is 3.95. The molecule has 0 unspecified atom stereocenters. The molecule has 0 heterocycles. The Hall–Kier alpha value is -2.59. The third kappa shape index (κ3) is 5.46. The van der Waals surface area contributed by atoms with Crippen molar-refractivity contribution in [1.29, 1.82) is 0 Å². The molecule has 2 aromatic carbocycles. The molecule has 138 valence electrons. The number of esters is 1. The maximum Gasteiger partial charge on any atom is 0.333 e. The molecular weight excluding hydrogens is 328 g/mol. The van der Waals surface area contributed by atoms with Gasteiger partial charge in [-0.15, -0.1) is 0 Å². The number of rotatable bonds is 9. The van der Waals surface area contributed by atoms with E-state index in [0.717, 1.165) is 29.5 Å². The minimum Gasteiger partial charge on any atom is -0.489 e. The van der Waals surface area contributed by atoms with E-state index in [4.69, 9.17) is 9.47 Å². The van der Waals surface area contributed by atoms with Crippen LogP contribution in [0.25, 0.3) is 11.1 Å². The number of carbonyl (C=O) groups excluding carboxylic acids is 1. The highest BCUT2D eigenvalue weighted by Gasteiger charge is 2.09. The van der Waals surface area contributed by atoms with Gasteiger partial charge in [0.05, 0.1) is 6.61 Å². The highest BCUT2D eigenvalue weighted by Crippen LogP contribution is 2.31. The first kappa shape index (κ1) is 19.7. The molecule has 0 saturated heterocycles. The molecule has 2 rings (SSSR count). The van der Waals surface area contributed by atoms with Crippen LogP contribution in [0.1, 0.15) is 31.4 Å². The Morgan fingerprint density at radius 2 is 1.77 bits per heavy atom. The van der Waals surface area contributed by atoms with E-state index >= 15 is 0 Å². The van der Waals surface area contributed by atoms with Crippen LogP contribution in [0.2, 0.25) is 0 Å². The second-order valence-electron chi connectivity index (χ2n) is 6.20. The van der Waals surface area contributed by atoms with Crippen molar-refractivity contribution in [3.8, 4) is 16.9 Å². The predicted molar refractivity (Wildman–Crippen MR) is 103 cm³/mol. The van der Waals surface area contributed by atoms with E-state index in [9.17, 15) is 9.90 Å². The lowest BCUT2D eigenvalue weighted by atomic mass is 10.00. The Bertz CT molecular complexity index is 747. The number of aliphatic hydroxyl groups excluding tert-OH is 1. The van der Waals surface area contributed by atoms with Crippen molar-refractivity contribution in [3.63, 3.8) is 0 Å². The molecule has 2 aromatic rings. The molecule has 0 saturated carbocycles. The maximum absolute atomic E-state index is 11.4. The van der Waals surface area contributed by atoms with Crippen molar-refractivity contribution >= 4 is 5.97 Å². The molecule has 0 aliphatic carbocycles. The van der Waals surface area contributed by atoms with Crippen LogP contribution in [0.5, 0.6) is 5.75 Å². The van der Waals surface area contributed by atoms with Gasteiger partial charge in [0.15, 0.2) is 0 Å². The lowest BCUT2D eigenvalue weighted by Crippen LogP contribution is -2.12. The van der Waals surface area contributed by atoms with Gasteiger partial charge in [-0.2, -0.15) is 0 Å². The van der Waals surface area contributed by atoms with Crippen LogP contribution in [0, 0.1) is 0 Å². The summed E-state index contributed by atoms with van der Waals surface area (Å²) < 4.78 is 10.9. The summed E-state index contributed by atoms with van der Waals surface area (Å²) in [7, 11) is 0. The molecular formula is C22H26O4. The number of carbonyl (C=O) groups is 1. The molecule has 0 amide bonds. The van der Waals surface area contributed by atoms with Crippen molar-refractivity contribution < 1.29 is 19.4 Å². The van der Waals surface area contributed by atoms with E-state index in [2.05, 4.69) is 37.8 Å². The summed E-state index contributed by atoms with van der Waals surface area (Å²) in [6, 6.07) is 14.0. The minimum absolute atomic E-state index is 0.0588. The fraction of sp³-hybridized carbons (Fsp3) is 0.318. The Morgan fingerprint density at radius 3 is 2.38 bits per heavy atom. The fourth-order valence-electron chi connectivity index (χ4n) is 2.57. The van der Waals surface area contributed by atoms with Gasteiger partial charge in [-0.25, -0.2) is 4.79 Å². The molecule has 4 heteroatoms. The van der Waals surface area contributed by atoms with Crippen molar-refractivity contribution in [1.82, 2.24) is 0 Å². The van der Waals surface area contributed by atoms with E-state index in [-0.39, 0.29) is 19.8 Å². The van der Waals surface area contributed by atoms with Crippen LogP contribution in [0.4, 0.5) is 0 Å². The molecule has 0 aliphatic heterocycles. The van der Waals surface area contributed by atoms with Gasteiger partial charge in [0, 0.05) is 11.1 Å². The number of benzene rings is 2. The quantitative estimate of drug-likeness (QED) is 0.414. The fourth-order valence-corrected chi connectivity index (χ4v) is 2.57. The van der Waals surface area contributed by atoms with E-state index in [0.29, 0.717) is 11.3 Å². The lowest BCUT2D eigenvalue weighted by Gasteiger charge is -2.14. The van der Waals surface area contributed by atoms with E-state index < -0.39 is 5.97 Å². The van der Waals surface area contributed by atoms with E-state index in [1.807, 2.05) is 18.2 Å². The topological polar surface area (TPSA) is 55.8 Å². The van der Waals surface area contributed by atoms with Crippen molar-refractivity contribution in [2.75, 3.05) is 13.2 Å². The molecule has 0 atom stereocenters. The van der Waals surface area contributed by atoms with Gasteiger partial charge in [-0.3, -0.25) is 0 Å². The SMILES string of the molecule is C=C(C)C(=O)OCCOc1cc(CO)ccc1-c1ccc(CCC)cc1. The monoisotopic (exact) mass is 354 g/mol. The van der Waals surface area contributed by atoms with Gasteiger partial charge < -0.3 is 14.6 Å². The van der Waals surface area contributed by atoms with Crippen LogP contribution in [0.3, 0.4) is 0 Å². The average molecular weight is 354 g/mol. The van der Waals surface area contributed by atoms with Gasteiger partial charge in [0.25, 0.3) is 0 Å². The van der Waals surface area contributed by atoms with E-state index in [1.165, 1.54) is 5.56 Å². The molecule has 0 aliphatic rings. The van der Waals surface area contributed by atoms with Crippen LogP contribution in [-0.2, 0) is 22.6 Å². The molecule has 0 fully saturated rings. The molecule has 4 nitrogen and oxygen atoms in total. The first-order valence-corrected chi connectivity index (χ1v) is 8.83. The summed E-state index contributed by atoms with van der Waals surface area (Å²) in [6.07, 6.45) is 2.17. The molecule has 0 spiro atoms. The molecule has 0 bridgehead atoms. The molecule has 26 heavy (non-hydrogen) atoms. The summed E-state index contributed by atoms with van der Waals surface area (Å²) in [5, 5.41) is 9.39. The number of hydrogen-bond donors (Lipinski definition) is 1. The molecule has 1 N–H and O–H groups in total. The van der Waals surface area contributed by atoms with Gasteiger partial charge in [0.1, 0.15) is 19.0 Å². The zero-order valence-corrected chi connectivity index (χ0v) is 15.5. The summed E-state index contributed by atoms with van der Waals surface area (Å²) >= 11 is 0. The average Bonchev–Trinajstić information content (AvgIpc) is 2.65. The Balaban J connectivity index is 2.13. The van der Waals surface area contributed by atoms with Crippen LogP contribution in [0.15, 0.2) is 54.6 Å². The predicted octanol–water partition coefficient (Wildman–Crippen LogP) is 4.30. The lowest BCUT2D eigenvalue weighted by molar-refractivity contribution is -0.139. The number of ether oxygens (including phenoxy) is 2. The van der Waals surface area contributed by atoms with Crippen LogP contribution >= 0.6 is 0 Å². The number of aryl methyl sites for hydroxylation is 1. The van der Waals surface area contributed by atoms with Crippen molar-refractivity contribution in [2.45, 2.75) is 33.3 Å². The standard InChI is InChI=1S/C22H26O4/c1-4-5-17-6-9-19(10-7-17)20-11-8-18(15-23)14-21(20)25-12-13-26-22(24)16(2)3/h6-11,14,23H,2,4-5,12-13,15H2,1,3H3. The summed E-state index contributed by atoms with van der Waals surface area (Å²) in [4.78, 5) is 11.4. The third-order valence-corrected chi connectivity index (χ3v) is 3.95. The Morgan fingerprint density at radius 1 is 1.08 bits per heavy atom. The Kier molecular flexibility index (Phi) is 7.42. The van der Waals surface area contributed by atoms with E-state index in [1.54, 1.807) is 6.92 Å². The molecule has 0 radical (unpaired) electrons. The first-order chi connectivity index (χ1) is 12.5. The highest BCUT2D eigenvalue weighted by molar-refractivity contribution is 5.86. The normalized spacial score (nSPS) is 10.4. The van der Waals surface area contributed by atoms with Crippen molar-refractivity contribution in [2.24, 2.45) is 0 Å². The van der Waals surface area contributed by atoms with Gasteiger partial charge in [0.2, 0.25) is 0 Å². The summed E-state index contributed by atoms with van der Waals surface area (Å²) in [5.74, 6) is 0.232. The maximum atomic E-state index is 11.4. The Labute approximate surface area is 155 Å². The first-order valence-electron chi connectivity index (χ1n) is 8.83. The second-order valence-corrected chi connectivity index (χ2v) is 6.20. The second kappa shape index (κ2) is 9.78. The zero-order valence-electron chi connectivity index (χ0n) is 15.5. The summed E-state index contributed by atoms with van der Waals surface area (Å²) in [5.41, 5.74) is 4.42. The highest BCUT2D eigenvalue weighted by atomic mass is 16.6. The van der Waals surface area contributed by atoms with Gasteiger partial charge in [-0.05, 0) is 36.1 Å². The minimum atomic E-state index is -0.426. The smallest absolute Gasteiger partial charge is 0.333 e. The molecule has 0 aromatic heterocycles. The van der Waals surface area contributed by atoms with Gasteiger partial charge in [-0.1, -0.05) is 56.3 Å². The van der Waals surface area contributed by atoms with Gasteiger partial charge >= 0.3 is 5.97 Å². The number of hydrogen-bond acceptors (Lipinski definition) is 4. The number of aliphatic hydroxyl groups is 1.